The Morgan fingerprint density at radius 3 is 2.76 bits per heavy atom. The molecule has 2 unspecified atom stereocenters. The van der Waals surface area contributed by atoms with Crippen molar-refractivity contribution in [1.29, 1.82) is 0 Å². The van der Waals surface area contributed by atoms with Crippen molar-refractivity contribution in [3.63, 3.8) is 0 Å². The lowest BCUT2D eigenvalue weighted by atomic mass is 10.0. The largest absolute Gasteiger partial charge is 0.388 e. The fourth-order valence-corrected chi connectivity index (χ4v) is 3.53. The molecule has 17 heavy (non-hydrogen) atoms. The molecule has 0 spiro atoms. The molecule has 0 bridgehead atoms. The van der Waals surface area contributed by atoms with E-state index in [0.29, 0.717) is 12.6 Å². The third-order valence-corrected chi connectivity index (χ3v) is 4.60. The second kappa shape index (κ2) is 5.89. The Morgan fingerprint density at radius 2 is 2.18 bits per heavy atom. The van der Waals surface area contributed by atoms with Gasteiger partial charge >= 0.3 is 0 Å². The molecule has 1 saturated heterocycles. The summed E-state index contributed by atoms with van der Waals surface area (Å²) in [4.78, 5) is 0. The standard InChI is InChI=1S/C14H21NOS/c1-2-13(12-6-4-3-5-7-12)15-10-14(16)8-9-17-11-14/h3-7,13,15-16H,2,8-11H2,1H3. The van der Waals surface area contributed by atoms with E-state index in [0.717, 1.165) is 24.3 Å². The predicted molar refractivity (Wildman–Crippen MR) is 74.4 cm³/mol. The number of nitrogens with one attached hydrogen (secondary N) is 1. The molecule has 2 nitrogen and oxygen atoms in total. The number of hydrogen-bond donors (Lipinski definition) is 2. The lowest BCUT2D eigenvalue weighted by Crippen LogP contribution is -2.41. The van der Waals surface area contributed by atoms with Crippen LogP contribution in [-0.4, -0.2) is 28.8 Å². The second-order valence-electron chi connectivity index (χ2n) is 4.78. The molecule has 0 radical (unpaired) electrons. The van der Waals surface area contributed by atoms with E-state index in [9.17, 15) is 5.11 Å². The molecule has 0 amide bonds. The van der Waals surface area contributed by atoms with Crippen LogP contribution in [0.4, 0.5) is 0 Å². The van der Waals surface area contributed by atoms with Gasteiger partial charge in [-0.1, -0.05) is 37.3 Å². The lowest BCUT2D eigenvalue weighted by molar-refractivity contribution is 0.0644. The Balaban J connectivity index is 1.92. The molecule has 94 valence electrons. The minimum absolute atomic E-state index is 0.353. The highest BCUT2D eigenvalue weighted by atomic mass is 32.2. The summed E-state index contributed by atoms with van der Waals surface area (Å²) in [5, 5.41) is 13.8. The third-order valence-electron chi connectivity index (χ3n) is 3.37. The van der Waals surface area contributed by atoms with Crippen LogP contribution in [0.5, 0.6) is 0 Å². The van der Waals surface area contributed by atoms with Crippen LogP contribution in [0, 0.1) is 0 Å². The maximum atomic E-state index is 10.3. The van der Waals surface area contributed by atoms with Crippen molar-refractivity contribution in [2.45, 2.75) is 31.4 Å². The van der Waals surface area contributed by atoms with Crippen molar-refractivity contribution in [2.24, 2.45) is 0 Å². The summed E-state index contributed by atoms with van der Waals surface area (Å²) in [5.74, 6) is 1.95. The van der Waals surface area contributed by atoms with Crippen LogP contribution < -0.4 is 5.32 Å². The molecule has 1 heterocycles. The first-order chi connectivity index (χ1) is 8.23. The smallest absolute Gasteiger partial charge is 0.0869 e. The molecule has 1 aromatic carbocycles. The van der Waals surface area contributed by atoms with E-state index in [4.69, 9.17) is 0 Å². The summed E-state index contributed by atoms with van der Waals surface area (Å²) in [6, 6.07) is 10.8. The highest BCUT2D eigenvalue weighted by Gasteiger charge is 2.31. The van der Waals surface area contributed by atoms with E-state index in [1.807, 2.05) is 17.8 Å². The molecule has 1 aliphatic heterocycles. The quantitative estimate of drug-likeness (QED) is 0.843. The van der Waals surface area contributed by atoms with E-state index in [1.54, 1.807) is 0 Å². The van der Waals surface area contributed by atoms with E-state index in [1.165, 1.54) is 5.56 Å². The number of thioether (sulfide) groups is 1. The minimum atomic E-state index is -0.493. The first kappa shape index (κ1) is 12.9. The van der Waals surface area contributed by atoms with Crippen molar-refractivity contribution >= 4 is 11.8 Å². The molecule has 0 aliphatic carbocycles. The van der Waals surface area contributed by atoms with Crippen LogP contribution in [0.2, 0.25) is 0 Å². The molecular formula is C14H21NOS. The van der Waals surface area contributed by atoms with Gasteiger partial charge in [0.05, 0.1) is 5.60 Å². The zero-order valence-electron chi connectivity index (χ0n) is 10.4. The van der Waals surface area contributed by atoms with Crippen LogP contribution in [-0.2, 0) is 0 Å². The molecule has 3 heteroatoms. The summed E-state index contributed by atoms with van der Waals surface area (Å²) in [6.07, 6.45) is 1.96. The van der Waals surface area contributed by atoms with Crippen LogP contribution >= 0.6 is 11.8 Å². The molecular weight excluding hydrogens is 230 g/mol. The predicted octanol–water partition coefficient (Wildman–Crippen LogP) is 2.60. The van der Waals surface area contributed by atoms with Crippen molar-refractivity contribution < 1.29 is 5.11 Å². The highest BCUT2D eigenvalue weighted by Crippen LogP contribution is 2.28. The van der Waals surface area contributed by atoms with E-state index in [-0.39, 0.29) is 0 Å². The Hall–Kier alpha value is -0.510. The monoisotopic (exact) mass is 251 g/mol. The summed E-state index contributed by atoms with van der Waals surface area (Å²) in [6.45, 7) is 2.88. The Bertz CT molecular complexity index is 335. The molecule has 2 N–H and O–H groups in total. The van der Waals surface area contributed by atoms with Gasteiger partial charge in [-0.3, -0.25) is 0 Å². The Kier molecular flexibility index (Phi) is 4.48. The van der Waals surface area contributed by atoms with Gasteiger partial charge in [-0.15, -0.1) is 0 Å². The first-order valence-corrected chi connectivity index (χ1v) is 7.47. The van der Waals surface area contributed by atoms with Crippen molar-refractivity contribution in [2.75, 3.05) is 18.1 Å². The van der Waals surface area contributed by atoms with Gasteiger partial charge in [0.25, 0.3) is 0 Å². The molecule has 0 saturated carbocycles. The lowest BCUT2D eigenvalue weighted by Gasteiger charge is -2.26. The van der Waals surface area contributed by atoms with Crippen molar-refractivity contribution in [3.8, 4) is 0 Å². The Morgan fingerprint density at radius 1 is 1.41 bits per heavy atom. The molecule has 1 fully saturated rings. The summed E-state index contributed by atoms with van der Waals surface area (Å²) < 4.78 is 0. The van der Waals surface area contributed by atoms with Gasteiger partial charge in [0, 0.05) is 18.3 Å². The number of benzene rings is 1. The molecule has 2 rings (SSSR count). The van der Waals surface area contributed by atoms with Gasteiger partial charge in [0.1, 0.15) is 0 Å². The maximum absolute atomic E-state index is 10.3. The topological polar surface area (TPSA) is 32.3 Å². The zero-order valence-corrected chi connectivity index (χ0v) is 11.2. The van der Waals surface area contributed by atoms with Gasteiger partial charge in [0.15, 0.2) is 0 Å². The first-order valence-electron chi connectivity index (χ1n) is 6.32. The van der Waals surface area contributed by atoms with Gasteiger partial charge in [0.2, 0.25) is 0 Å². The van der Waals surface area contributed by atoms with Gasteiger partial charge < -0.3 is 10.4 Å². The van der Waals surface area contributed by atoms with Crippen LogP contribution in [0.25, 0.3) is 0 Å². The second-order valence-corrected chi connectivity index (χ2v) is 5.88. The van der Waals surface area contributed by atoms with E-state index < -0.39 is 5.60 Å². The minimum Gasteiger partial charge on any atom is -0.388 e. The third kappa shape index (κ3) is 3.47. The summed E-state index contributed by atoms with van der Waals surface area (Å²) >= 11 is 1.85. The van der Waals surface area contributed by atoms with Gasteiger partial charge in [-0.2, -0.15) is 11.8 Å². The Labute approximate surface area is 108 Å². The fourth-order valence-electron chi connectivity index (χ4n) is 2.23. The normalized spacial score (nSPS) is 26.0. The van der Waals surface area contributed by atoms with Crippen LogP contribution in [0.3, 0.4) is 0 Å². The van der Waals surface area contributed by atoms with Crippen molar-refractivity contribution in [3.05, 3.63) is 35.9 Å². The van der Waals surface area contributed by atoms with Crippen LogP contribution in [0.1, 0.15) is 31.4 Å². The average molecular weight is 251 g/mol. The van der Waals surface area contributed by atoms with Gasteiger partial charge in [-0.25, -0.2) is 0 Å². The van der Waals surface area contributed by atoms with E-state index in [2.05, 4.69) is 36.5 Å². The fraction of sp³-hybridized carbons (Fsp3) is 0.571. The maximum Gasteiger partial charge on any atom is 0.0869 e. The molecule has 0 aromatic heterocycles. The van der Waals surface area contributed by atoms with E-state index >= 15 is 0 Å². The molecule has 2 atom stereocenters. The molecule has 1 aliphatic rings. The highest BCUT2D eigenvalue weighted by molar-refractivity contribution is 7.99. The number of aliphatic hydroxyl groups is 1. The van der Waals surface area contributed by atoms with Crippen molar-refractivity contribution in [1.82, 2.24) is 5.32 Å². The van der Waals surface area contributed by atoms with Gasteiger partial charge in [-0.05, 0) is 24.2 Å². The van der Waals surface area contributed by atoms with Crippen LogP contribution in [0.15, 0.2) is 30.3 Å². The summed E-state index contributed by atoms with van der Waals surface area (Å²) in [7, 11) is 0. The SMILES string of the molecule is CCC(NCC1(O)CCSC1)c1ccccc1. The summed E-state index contributed by atoms with van der Waals surface area (Å²) in [5.41, 5.74) is 0.816. The average Bonchev–Trinajstić information content (AvgIpc) is 2.79. The zero-order chi connectivity index (χ0) is 12.1. The molecule has 1 aromatic rings. The number of hydrogen-bond acceptors (Lipinski definition) is 3. The number of rotatable bonds is 5.